The monoisotopic (exact) mass is 628 g/mol. The zero-order valence-electron chi connectivity index (χ0n) is 23.7. The van der Waals surface area contributed by atoms with Gasteiger partial charge in [-0.1, -0.05) is 41.4 Å². The van der Waals surface area contributed by atoms with Crippen molar-refractivity contribution in [1.82, 2.24) is 9.80 Å². The van der Waals surface area contributed by atoms with Crippen molar-refractivity contribution in [3.8, 4) is 0 Å². The molecule has 222 valence electrons. The van der Waals surface area contributed by atoms with E-state index in [0.29, 0.717) is 34.8 Å². The maximum absolute atomic E-state index is 13.9. The lowest BCUT2D eigenvalue weighted by Crippen LogP contribution is -2.47. The van der Waals surface area contributed by atoms with Gasteiger partial charge in [-0.15, -0.1) is 12.4 Å². The van der Waals surface area contributed by atoms with Crippen molar-refractivity contribution in [1.29, 1.82) is 0 Å². The summed E-state index contributed by atoms with van der Waals surface area (Å²) in [4.78, 5) is 45.8. The van der Waals surface area contributed by atoms with Gasteiger partial charge >= 0.3 is 0 Å². The molecule has 0 spiro atoms. The molecule has 0 aliphatic carbocycles. The normalized spacial score (nSPS) is 17.1. The smallest absolute Gasteiger partial charge is 0.259 e. The van der Waals surface area contributed by atoms with E-state index in [1.165, 1.54) is 0 Å². The van der Waals surface area contributed by atoms with Crippen molar-refractivity contribution in [2.75, 3.05) is 50.0 Å². The maximum Gasteiger partial charge on any atom is 0.259 e. The Morgan fingerprint density at radius 1 is 0.905 bits per heavy atom. The van der Waals surface area contributed by atoms with Crippen LogP contribution in [-0.2, 0) is 4.79 Å². The van der Waals surface area contributed by atoms with E-state index < -0.39 is 0 Å². The Labute approximate surface area is 263 Å². The van der Waals surface area contributed by atoms with Crippen LogP contribution in [-0.4, -0.2) is 67.3 Å². The number of likely N-dealkylation sites (N-methyl/N-ethyl adjacent to an activating group) is 1. The van der Waals surface area contributed by atoms with E-state index in [4.69, 9.17) is 23.2 Å². The summed E-state index contributed by atoms with van der Waals surface area (Å²) < 4.78 is 0. The number of aryl methyl sites for hydroxylation is 1. The van der Waals surface area contributed by atoms with Crippen LogP contribution in [0.3, 0.4) is 0 Å². The van der Waals surface area contributed by atoms with Gasteiger partial charge in [0.15, 0.2) is 0 Å². The number of carbonyl (C=O) groups excluding carboxylic acids is 3. The Morgan fingerprint density at radius 2 is 1.64 bits per heavy atom. The van der Waals surface area contributed by atoms with Crippen molar-refractivity contribution in [2.45, 2.75) is 32.1 Å². The predicted molar refractivity (Wildman–Crippen MR) is 172 cm³/mol. The molecule has 2 heterocycles. The standard InChI is InChI=1S/C32H34Cl2N4O3.ClH/c1-21-6-3-4-8-25(21)31(40)35-24-10-11-26(28(34)20-24)32(41)38-13-5-7-22(27-19-23(33)9-12-29(27)38)18-30(39)37-16-14-36(2)15-17-37;/h3-4,6,8-12,19-20,22H,5,7,13-18H2,1-2H3,(H,35,40);1H. The highest BCUT2D eigenvalue weighted by Crippen LogP contribution is 2.39. The van der Waals surface area contributed by atoms with Crippen LogP contribution < -0.4 is 10.2 Å². The lowest BCUT2D eigenvalue weighted by molar-refractivity contribution is -0.133. The van der Waals surface area contributed by atoms with E-state index in [0.717, 1.165) is 55.8 Å². The summed E-state index contributed by atoms with van der Waals surface area (Å²) in [5, 5.41) is 3.69. The van der Waals surface area contributed by atoms with E-state index in [1.807, 2.05) is 42.2 Å². The first-order valence-corrected chi connectivity index (χ1v) is 14.7. The third-order valence-electron chi connectivity index (χ3n) is 8.02. The number of nitrogens with one attached hydrogen (secondary N) is 1. The fourth-order valence-corrected chi connectivity index (χ4v) is 6.07. The zero-order valence-corrected chi connectivity index (χ0v) is 26.1. The molecule has 7 nitrogen and oxygen atoms in total. The van der Waals surface area contributed by atoms with Crippen LogP contribution >= 0.6 is 35.6 Å². The summed E-state index contributed by atoms with van der Waals surface area (Å²) in [6, 6.07) is 17.8. The lowest BCUT2D eigenvalue weighted by Gasteiger charge is -2.33. The SMILES string of the molecule is Cc1ccccc1C(=O)Nc1ccc(C(=O)N2CCCC(CC(=O)N3CCN(C)CC3)c3cc(Cl)ccc32)c(Cl)c1.Cl. The molecule has 3 aromatic carbocycles. The van der Waals surface area contributed by atoms with Crippen LogP contribution in [0.25, 0.3) is 0 Å². The average Bonchev–Trinajstić information content (AvgIpc) is 3.12. The van der Waals surface area contributed by atoms with Gasteiger partial charge in [-0.2, -0.15) is 0 Å². The van der Waals surface area contributed by atoms with Gasteiger partial charge in [-0.05, 0) is 86.3 Å². The molecule has 1 atom stereocenters. The van der Waals surface area contributed by atoms with Crippen LogP contribution in [0.15, 0.2) is 60.7 Å². The number of carbonyl (C=O) groups is 3. The largest absolute Gasteiger partial charge is 0.340 e. The highest BCUT2D eigenvalue weighted by atomic mass is 35.5. The number of rotatable bonds is 5. The van der Waals surface area contributed by atoms with E-state index in [1.54, 1.807) is 35.2 Å². The molecule has 0 aromatic heterocycles. The van der Waals surface area contributed by atoms with Crippen molar-refractivity contribution in [3.05, 3.63) is 93.0 Å². The summed E-state index contributed by atoms with van der Waals surface area (Å²) in [6.07, 6.45) is 1.89. The molecule has 2 aliphatic rings. The van der Waals surface area contributed by atoms with Gasteiger partial charge in [0.25, 0.3) is 11.8 Å². The minimum Gasteiger partial charge on any atom is -0.340 e. The molecule has 1 fully saturated rings. The van der Waals surface area contributed by atoms with Gasteiger partial charge in [0.2, 0.25) is 5.91 Å². The summed E-state index contributed by atoms with van der Waals surface area (Å²) >= 11 is 13.0. The third-order valence-corrected chi connectivity index (χ3v) is 8.57. The van der Waals surface area contributed by atoms with Gasteiger partial charge in [-0.3, -0.25) is 14.4 Å². The molecule has 10 heteroatoms. The highest BCUT2D eigenvalue weighted by molar-refractivity contribution is 6.35. The Bertz CT molecular complexity index is 1470. The topological polar surface area (TPSA) is 73.0 Å². The second kappa shape index (κ2) is 13.9. The number of nitrogens with zero attached hydrogens (tertiary/aromatic N) is 3. The van der Waals surface area contributed by atoms with Gasteiger partial charge in [0, 0.05) is 61.1 Å². The molecule has 1 saturated heterocycles. The Kier molecular flexibility index (Phi) is 10.5. The zero-order chi connectivity index (χ0) is 29.1. The van der Waals surface area contributed by atoms with Gasteiger partial charge < -0.3 is 20.0 Å². The number of fused-ring (bicyclic) bond motifs is 1. The van der Waals surface area contributed by atoms with Gasteiger partial charge in [0.1, 0.15) is 0 Å². The Balaban J connectivity index is 0.00000405. The molecule has 5 rings (SSSR count). The third kappa shape index (κ3) is 7.09. The number of hydrogen-bond donors (Lipinski definition) is 1. The fourth-order valence-electron chi connectivity index (χ4n) is 5.63. The summed E-state index contributed by atoms with van der Waals surface area (Å²) in [5.41, 5.74) is 3.94. The van der Waals surface area contributed by atoms with Crippen LogP contribution in [0, 0.1) is 6.92 Å². The molecule has 0 bridgehead atoms. The van der Waals surface area contributed by atoms with E-state index in [-0.39, 0.29) is 41.1 Å². The Hall–Kier alpha value is -3.10. The number of benzene rings is 3. The van der Waals surface area contributed by atoms with Crippen LogP contribution in [0.2, 0.25) is 10.0 Å². The number of anilines is 2. The molecule has 0 radical (unpaired) electrons. The first kappa shape index (κ1) is 31.8. The van der Waals surface area contributed by atoms with Gasteiger partial charge in [-0.25, -0.2) is 0 Å². The van der Waals surface area contributed by atoms with Crippen molar-refractivity contribution < 1.29 is 14.4 Å². The number of amides is 3. The molecule has 3 aromatic rings. The maximum atomic E-state index is 13.9. The number of hydrogen-bond acceptors (Lipinski definition) is 4. The van der Waals surface area contributed by atoms with Crippen LogP contribution in [0.4, 0.5) is 11.4 Å². The van der Waals surface area contributed by atoms with Crippen molar-refractivity contribution in [3.63, 3.8) is 0 Å². The number of piperazine rings is 1. The summed E-state index contributed by atoms with van der Waals surface area (Å²) in [6.45, 7) is 5.58. The second-order valence-electron chi connectivity index (χ2n) is 10.9. The first-order valence-electron chi connectivity index (χ1n) is 14.0. The molecule has 1 unspecified atom stereocenters. The van der Waals surface area contributed by atoms with E-state index >= 15 is 0 Å². The van der Waals surface area contributed by atoms with E-state index in [2.05, 4.69) is 17.3 Å². The molecular weight excluding hydrogens is 595 g/mol. The number of halogens is 3. The summed E-state index contributed by atoms with van der Waals surface area (Å²) in [5.74, 6) is -0.376. The fraction of sp³-hybridized carbons (Fsp3) is 0.344. The minimum atomic E-state index is -0.242. The summed E-state index contributed by atoms with van der Waals surface area (Å²) in [7, 11) is 2.07. The molecule has 1 N–H and O–H groups in total. The van der Waals surface area contributed by atoms with Gasteiger partial charge in [0.05, 0.1) is 10.6 Å². The predicted octanol–water partition coefficient (Wildman–Crippen LogP) is 6.66. The van der Waals surface area contributed by atoms with Crippen LogP contribution in [0.1, 0.15) is 57.0 Å². The van der Waals surface area contributed by atoms with E-state index in [9.17, 15) is 14.4 Å². The lowest BCUT2D eigenvalue weighted by atomic mass is 9.90. The quantitative estimate of drug-likeness (QED) is 0.343. The molecule has 2 aliphatic heterocycles. The van der Waals surface area contributed by atoms with Crippen LogP contribution in [0.5, 0.6) is 0 Å². The molecular formula is C32H35Cl3N4O3. The molecule has 3 amide bonds. The Morgan fingerprint density at radius 3 is 2.36 bits per heavy atom. The molecule has 42 heavy (non-hydrogen) atoms. The molecule has 0 saturated carbocycles. The highest BCUT2D eigenvalue weighted by Gasteiger charge is 2.31. The average molecular weight is 630 g/mol. The minimum absolute atomic E-state index is 0. The van der Waals surface area contributed by atoms with Crippen molar-refractivity contribution in [2.24, 2.45) is 0 Å². The van der Waals surface area contributed by atoms with Crippen molar-refractivity contribution >= 4 is 64.7 Å². The second-order valence-corrected chi connectivity index (χ2v) is 11.7. The first-order chi connectivity index (χ1) is 19.7.